The van der Waals surface area contributed by atoms with Gasteiger partial charge in [0.05, 0.1) is 0 Å². The van der Waals surface area contributed by atoms with E-state index in [9.17, 15) is 0 Å². The van der Waals surface area contributed by atoms with Crippen LogP contribution in [0.25, 0.3) is 11.1 Å². The number of piperidine rings is 1. The molecule has 0 bridgehead atoms. The van der Waals surface area contributed by atoms with E-state index in [-0.39, 0.29) is 5.41 Å². The van der Waals surface area contributed by atoms with Crippen LogP contribution in [0.2, 0.25) is 0 Å². The van der Waals surface area contributed by atoms with E-state index in [1.54, 1.807) is 11.1 Å². The largest absolute Gasteiger partial charge is 0.372 e. The minimum Gasteiger partial charge on any atom is -0.372 e. The number of nitrogens with zero attached hydrogens (tertiary/aromatic N) is 1. The van der Waals surface area contributed by atoms with Crippen molar-refractivity contribution in [1.82, 2.24) is 0 Å². The number of fused-ring (bicyclic) bond motifs is 3. The fraction of sp³-hybridized carbons (Fsp3) is 0.538. The monoisotopic (exact) mass is 439 g/mol. The average Bonchev–Trinajstić information content (AvgIpc) is 3.00. The minimum atomic E-state index is 0.187. The van der Waals surface area contributed by atoms with E-state index in [1.807, 2.05) is 0 Å². The Balaban J connectivity index is 1.85. The van der Waals surface area contributed by atoms with Gasteiger partial charge >= 0.3 is 0 Å². The Morgan fingerprint density at radius 3 is 2.07 bits per heavy atom. The molecular weight excluding hydrogens is 406 g/mol. The van der Waals surface area contributed by atoms with Gasteiger partial charge in [0.15, 0.2) is 0 Å². The number of hydrogen-bond acceptors (Lipinski definition) is 1. The van der Waals surface area contributed by atoms with Crippen molar-refractivity contribution in [3.05, 3.63) is 52.0 Å². The SMILES string of the molecule is CCCCC1(CCCC)c2cc(Br)ccc2-c2ccc(N3CCCCC3)cc21. The highest BCUT2D eigenvalue weighted by atomic mass is 79.9. The number of hydrogen-bond donors (Lipinski definition) is 0. The van der Waals surface area contributed by atoms with Crippen molar-refractivity contribution in [3.63, 3.8) is 0 Å². The number of halogens is 1. The van der Waals surface area contributed by atoms with Crippen molar-refractivity contribution < 1.29 is 0 Å². The van der Waals surface area contributed by atoms with Crippen LogP contribution in [0.15, 0.2) is 40.9 Å². The van der Waals surface area contributed by atoms with E-state index in [0.717, 1.165) is 0 Å². The van der Waals surface area contributed by atoms with Crippen LogP contribution < -0.4 is 4.90 Å². The molecule has 1 aliphatic heterocycles. The van der Waals surface area contributed by atoms with E-state index in [1.165, 1.54) is 92.2 Å². The molecule has 0 saturated carbocycles. The summed E-state index contributed by atoms with van der Waals surface area (Å²) in [5.41, 5.74) is 7.75. The molecule has 0 atom stereocenters. The third kappa shape index (κ3) is 3.54. The fourth-order valence-electron chi connectivity index (χ4n) is 5.42. The Hall–Kier alpha value is -1.28. The lowest BCUT2D eigenvalue weighted by atomic mass is 9.71. The molecule has 0 N–H and O–H groups in total. The maximum Gasteiger partial charge on any atom is 0.0369 e. The maximum atomic E-state index is 3.77. The molecule has 0 radical (unpaired) electrons. The molecule has 0 spiro atoms. The summed E-state index contributed by atoms with van der Waals surface area (Å²) in [6, 6.07) is 14.4. The van der Waals surface area contributed by atoms with Crippen molar-refractivity contribution in [1.29, 1.82) is 0 Å². The summed E-state index contributed by atoms with van der Waals surface area (Å²) in [5, 5.41) is 0. The van der Waals surface area contributed by atoms with Crippen molar-refractivity contribution >= 4 is 21.6 Å². The van der Waals surface area contributed by atoms with Crippen LogP contribution in [0.1, 0.15) is 82.8 Å². The van der Waals surface area contributed by atoms with Gasteiger partial charge in [-0.2, -0.15) is 0 Å². The zero-order chi connectivity index (χ0) is 19.6. The Morgan fingerprint density at radius 1 is 0.821 bits per heavy atom. The summed E-state index contributed by atoms with van der Waals surface area (Å²) < 4.78 is 1.22. The molecule has 1 heterocycles. The molecule has 1 nitrogen and oxygen atoms in total. The summed E-state index contributed by atoms with van der Waals surface area (Å²) >= 11 is 3.77. The van der Waals surface area contributed by atoms with E-state index in [4.69, 9.17) is 0 Å². The molecule has 2 heteroatoms. The first-order chi connectivity index (χ1) is 13.7. The standard InChI is InChI=1S/C26H34BrN/c1-3-5-14-26(15-6-4-2)24-18-20(27)10-12-22(24)23-13-11-21(19-25(23)26)28-16-8-7-9-17-28/h10-13,18-19H,3-9,14-17H2,1-2H3. The Morgan fingerprint density at radius 2 is 1.43 bits per heavy atom. The summed E-state index contributed by atoms with van der Waals surface area (Å²) in [7, 11) is 0. The van der Waals surface area contributed by atoms with Crippen LogP contribution in [0.4, 0.5) is 5.69 Å². The highest BCUT2D eigenvalue weighted by Crippen LogP contribution is 2.55. The molecule has 4 rings (SSSR count). The van der Waals surface area contributed by atoms with Crippen LogP contribution in [0, 0.1) is 0 Å². The predicted molar refractivity (Wildman–Crippen MR) is 125 cm³/mol. The van der Waals surface area contributed by atoms with E-state index in [0.29, 0.717) is 0 Å². The summed E-state index contributed by atoms with van der Waals surface area (Å²) in [6.07, 6.45) is 11.7. The maximum absolute atomic E-state index is 3.77. The third-order valence-electron chi connectivity index (χ3n) is 6.94. The second-order valence-electron chi connectivity index (χ2n) is 8.76. The minimum absolute atomic E-state index is 0.187. The molecule has 1 saturated heterocycles. The molecule has 0 aromatic heterocycles. The summed E-state index contributed by atoms with van der Waals surface area (Å²) in [6.45, 7) is 7.09. The van der Waals surface area contributed by atoms with Gasteiger partial charge in [-0.3, -0.25) is 0 Å². The van der Waals surface area contributed by atoms with Gasteiger partial charge in [-0.25, -0.2) is 0 Å². The highest BCUT2D eigenvalue weighted by molar-refractivity contribution is 9.10. The van der Waals surface area contributed by atoms with Crippen LogP contribution >= 0.6 is 15.9 Å². The quantitative estimate of drug-likeness (QED) is 0.421. The van der Waals surface area contributed by atoms with Gasteiger partial charge in [0.1, 0.15) is 0 Å². The zero-order valence-electron chi connectivity index (χ0n) is 17.6. The van der Waals surface area contributed by atoms with Gasteiger partial charge in [0.2, 0.25) is 0 Å². The first-order valence-corrected chi connectivity index (χ1v) is 12.2. The fourth-order valence-corrected chi connectivity index (χ4v) is 5.79. The van der Waals surface area contributed by atoms with Crippen LogP contribution in [0.3, 0.4) is 0 Å². The molecular formula is C26H34BrN. The molecule has 28 heavy (non-hydrogen) atoms. The van der Waals surface area contributed by atoms with Crippen LogP contribution in [-0.2, 0) is 5.41 Å². The van der Waals surface area contributed by atoms with Gasteiger partial charge in [-0.15, -0.1) is 0 Å². The van der Waals surface area contributed by atoms with Gasteiger partial charge in [0, 0.05) is 28.7 Å². The predicted octanol–water partition coefficient (Wildman–Crippen LogP) is 8.09. The van der Waals surface area contributed by atoms with E-state index in [2.05, 4.69) is 71.1 Å². The van der Waals surface area contributed by atoms with Gasteiger partial charge < -0.3 is 4.90 Å². The summed E-state index contributed by atoms with van der Waals surface area (Å²) in [4.78, 5) is 2.62. The molecule has 2 aliphatic rings. The second kappa shape index (κ2) is 8.61. The first-order valence-electron chi connectivity index (χ1n) is 11.4. The average molecular weight is 440 g/mol. The van der Waals surface area contributed by atoms with E-state index >= 15 is 0 Å². The Bertz CT molecular complexity index is 811. The lowest BCUT2D eigenvalue weighted by molar-refractivity contribution is 0.414. The lowest BCUT2D eigenvalue weighted by Crippen LogP contribution is -2.30. The van der Waals surface area contributed by atoms with Gasteiger partial charge in [-0.1, -0.05) is 67.6 Å². The lowest BCUT2D eigenvalue weighted by Gasteiger charge is -2.34. The molecule has 2 aromatic carbocycles. The summed E-state index contributed by atoms with van der Waals surface area (Å²) in [5.74, 6) is 0. The first kappa shape index (κ1) is 20.0. The normalized spacial score (nSPS) is 17.5. The van der Waals surface area contributed by atoms with Crippen molar-refractivity contribution in [2.75, 3.05) is 18.0 Å². The molecule has 0 amide bonds. The number of unbranched alkanes of at least 4 members (excludes halogenated alkanes) is 2. The molecule has 1 aliphatic carbocycles. The third-order valence-corrected chi connectivity index (χ3v) is 7.43. The van der Waals surface area contributed by atoms with Crippen LogP contribution in [-0.4, -0.2) is 13.1 Å². The smallest absolute Gasteiger partial charge is 0.0369 e. The highest BCUT2D eigenvalue weighted by Gasteiger charge is 2.42. The second-order valence-corrected chi connectivity index (χ2v) is 9.67. The number of benzene rings is 2. The van der Waals surface area contributed by atoms with Crippen molar-refractivity contribution in [3.8, 4) is 11.1 Å². The van der Waals surface area contributed by atoms with E-state index < -0.39 is 0 Å². The molecule has 1 fully saturated rings. The number of rotatable bonds is 7. The number of anilines is 1. The van der Waals surface area contributed by atoms with Crippen LogP contribution in [0.5, 0.6) is 0 Å². The zero-order valence-corrected chi connectivity index (χ0v) is 19.2. The topological polar surface area (TPSA) is 3.24 Å². The van der Waals surface area contributed by atoms with Gasteiger partial charge in [0.25, 0.3) is 0 Å². The molecule has 2 aromatic rings. The van der Waals surface area contributed by atoms with Crippen molar-refractivity contribution in [2.24, 2.45) is 0 Å². The molecule has 0 unspecified atom stereocenters. The Kier molecular flexibility index (Phi) is 6.16. The molecule has 150 valence electrons. The van der Waals surface area contributed by atoms with Gasteiger partial charge in [-0.05, 0) is 78.6 Å². The van der Waals surface area contributed by atoms with Crippen molar-refractivity contribution in [2.45, 2.75) is 77.0 Å². The Labute approximate surface area is 179 Å².